The summed E-state index contributed by atoms with van der Waals surface area (Å²) < 4.78 is 1.66. The van der Waals surface area contributed by atoms with Crippen molar-refractivity contribution in [3.8, 4) is 5.69 Å². The summed E-state index contributed by atoms with van der Waals surface area (Å²) in [5.74, 6) is 1.11. The van der Waals surface area contributed by atoms with Gasteiger partial charge in [0.1, 0.15) is 0 Å². The largest absolute Gasteiger partial charge is 0.368 e. The lowest BCUT2D eigenvalue weighted by Gasteiger charge is -2.17. The quantitative estimate of drug-likeness (QED) is 0.925. The number of benzene rings is 1. The van der Waals surface area contributed by atoms with E-state index in [0.29, 0.717) is 16.9 Å². The van der Waals surface area contributed by atoms with Gasteiger partial charge in [-0.25, -0.2) is 0 Å². The van der Waals surface area contributed by atoms with E-state index in [1.165, 1.54) is 25.7 Å². The molecule has 112 valence electrons. The molecule has 0 amide bonds. The normalized spacial score (nSPS) is 16.0. The number of anilines is 2. The van der Waals surface area contributed by atoms with E-state index in [1.54, 1.807) is 4.68 Å². The molecule has 0 unspecified atom stereocenters. The molecule has 5 nitrogen and oxygen atoms in total. The molecule has 1 aromatic heterocycles. The number of aryl methyl sites for hydroxylation is 1. The van der Waals surface area contributed by atoms with E-state index >= 15 is 0 Å². The predicted octanol–water partition coefficient (Wildman–Crippen LogP) is 3.19. The van der Waals surface area contributed by atoms with Crippen molar-refractivity contribution in [2.24, 2.45) is 0 Å². The molecule has 1 saturated heterocycles. The van der Waals surface area contributed by atoms with Crippen LogP contribution in [0.4, 0.5) is 11.9 Å². The van der Waals surface area contributed by atoms with Gasteiger partial charge in [-0.2, -0.15) is 9.67 Å². The van der Waals surface area contributed by atoms with Gasteiger partial charge in [-0.15, -0.1) is 5.10 Å². The van der Waals surface area contributed by atoms with E-state index in [9.17, 15) is 0 Å². The lowest BCUT2D eigenvalue weighted by atomic mass is 10.2. The van der Waals surface area contributed by atoms with E-state index in [4.69, 9.17) is 17.3 Å². The fourth-order valence-electron chi connectivity index (χ4n) is 2.62. The van der Waals surface area contributed by atoms with Crippen LogP contribution in [0.1, 0.15) is 31.2 Å². The molecule has 1 aliphatic rings. The van der Waals surface area contributed by atoms with Crippen LogP contribution in [0.5, 0.6) is 0 Å². The van der Waals surface area contributed by atoms with E-state index in [1.807, 2.05) is 25.1 Å². The highest BCUT2D eigenvalue weighted by Crippen LogP contribution is 2.23. The Kier molecular flexibility index (Phi) is 4.01. The average molecular weight is 306 g/mol. The molecule has 2 N–H and O–H groups in total. The zero-order valence-electron chi connectivity index (χ0n) is 12.2. The summed E-state index contributed by atoms with van der Waals surface area (Å²) in [6.45, 7) is 3.97. The minimum atomic E-state index is 0.397. The number of nitrogens with zero attached hydrogens (tertiary/aromatic N) is 4. The molecule has 2 aromatic rings. The number of halogens is 1. The van der Waals surface area contributed by atoms with Gasteiger partial charge in [0, 0.05) is 18.1 Å². The fraction of sp³-hybridized carbons (Fsp3) is 0.467. The number of aromatic nitrogens is 3. The molecule has 1 aromatic carbocycles. The van der Waals surface area contributed by atoms with Crippen molar-refractivity contribution >= 4 is 23.5 Å². The molecule has 0 spiro atoms. The zero-order valence-corrected chi connectivity index (χ0v) is 13.0. The van der Waals surface area contributed by atoms with Gasteiger partial charge in [-0.05, 0) is 37.5 Å². The maximum Gasteiger partial charge on any atom is 0.246 e. The predicted molar refractivity (Wildman–Crippen MR) is 86.2 cm³/mol. The summed E-state index contributed by atoms with van der Waals surface area (Å²) >= 11 is 6.18. The zero-order chi connectivity index (χ0) is 14.8. The summed E-state index contributed by atoms with van der Waals surface area (Å²) in [4.78, 5) is 6.63. The maximum atomic E-state index is 6.18. The van der Waals surface area contributed by atoms with Gasteiger partial charge in [0.2, 0.25) is 11.9 Å². The second-order valence-corrected chi connectivity index (χ2v) is 5.92. The molecule has 3 rings (SSSR count). The first kappa shape index (κ1) is 14.2. The Morgan fingerprint density at radius 2 is 1.86 bits per heavy atom. The molecule has 0 radical (unpaired) electrons. The first-order valence-electron chi connectivity index (χ1n) is 7.39. The third-order valence-corrected chi connectivity index (χ3v) is 4.32. The standard InChI is InChI=1S/C15H20ClN5/c1-11-6-7-12(10-13(11)16)21-14(17)18-15(19-21)20-8-4-2-3-5-9-20/h6-7,10H,2-5,8-9H2,1H3,(H2,17,18,19). The van der Waals surface area contributed by atoms with Gasteiger partial charge >= 0.3 is 0 Å². The summed E-state index contributed by atoms with van der Waals surface area (Å²) in [5, 5.41) is 5.27. The van der Waals surface area contributed by atoms with Crippen LogP contribution in [-0.2, 0) is 0 Å². The topological polar surface area (TPSA) is 60.0 Å². The molecule has 1 fully saturated rings. The second-order valence-electron chi connectivity index (χ2n) is 5.52. The highest BCUT2D eigenvalue weighted by Gasteiger charge is 2.17. The van der Waals surface area contributed by atoms with Crippen LogP contribution in [0.2, 0.25) is 5.02 Å². The number of nitrogen functional groups attached to an aromatic ring is 1. The molecule has 0 saturated carbocycles. The van der Waals surface area contributed by atoms with Crippen molar-refractivity contribution in [2.75, 3.05) is 23.7 Å². The Balaban J connectivity index is 1.91. The molecule has 2 heterocycles. The summed E-state index contributed by atoms with van der Waals surface area (Å²) in [6, 6.07) is 5.79. The first-order chi connectivity index (χ1) is 10.1. The monoisotopic (exact) mass is 305 g/mol. The molecule has 21 heavy (non-hydrogen) atoms. The Morgan fingerprint density at radius 1 is 1.14 bits per heavy atom. The van der Waals surface area contributed by atoms with Gasteiger partial charge in [0.25, 0.3) is 0 Å². The molecular formula is C15H20ClN5. The van der Waals surface area contributed by atoms with Crippen molar-refractivity contribution < 1.29 is 0 Å². The Bertz CT molecular complexity index is 629. The number of hydrogen-bond donors (Lipinski definition) is 1. The minimum absolute atomic E-state index is 0.397. The van der Waals surface area contributed by atoms with Crippen LogP contribution < -0.4 is 10.6 Å². The van der Waals surface area contributed by atoms with Crippen LogP contribution in [0.3, 0.4) is 0 Å². The molecule has 0 atom stereocenters. The van der Waals surface area contributed by atoms with Gasteiger partial charge in [-0.3, -0.25) is 0 Å². The highest BCUT2D eigenvalue weighted by atomic mass is 35.5. The van der Waals surface area contributed by atoms with E-state index in [-0.39, 0.29) is 0 Å². The summed E-state index contributed by atoms with van der Waals surface area (Å²) in [5.41, 5.74) is 7.91. The Hall–Kier alpha value is -1.75. The van der Waals surface area contributed by atoms with Crippen LogP contribution >= 0.6 is 11.6 Å². The van der Waals surface area contributed by atoms with E-state index in [0.717, 1.165) is 24.3 Å². The molecular weight excluding hydrogens is 286 g/mol. The average Bonchev–Trinajstić information content (AvgIpc) is 2.69. The van der Waals surface area contributed by atoms with Crippen molar-refractivity contribution in [1.82, 2.24) is 14.8 Å². The van der Waals surface area contributed by atoms with Crippen LogP contribution in [-0.4, -0.2) is 27.9 Å². The molecule has 6 heteroatoms. The fourth-order valence-corrected chi connectivity index (χ4v) is 2.80. The number of nitrogens with two attached hydrogens (primary N) is 1. The van der Waals surface area contributed by atoms with Gasteiger partial charge < -0.3 is 10.6 Å². The number of hydrogen-bond acceptors (Lipinski definition) is 4. The molecule has 0 bridgehead atoms. The lowest BCUT2D eigenvalue weighted by molar-refractivity contribution is 0.726. The first-order valence-corrected chi connectivity index (χ1v) is 7.77. The van der Waals surface area contributed by atoms with Crippen molar-refractivity contribution in [3.05, 3.63) is 28.8 Å². The van der Waals surface area contributed by atoms with Crippen molar-refractivity contribution in [2.45, 2.75) is 32.6 Å². The van der Waals surface area contributed by atoms with Crippen LogP contribution in [0.25, 0.3) is 5.69 Å². The summed E-state index contributed by atoms with van der Waals surface area (Å²) in [6.07, 6.45) is 4.93. The van der Waals surface area contributed by atoms with E-state index in [2.05, 4.69) is 15.0 Å². The van der Waals surface area contributed by atoms with Gasteiger partial charge in [0.05, 0.1) is 5.69 Å². The number of rotatable bonds is 2. The summed E-state index contributed by atoms with van der Waals surface area (Å²) in [7, 11) is 0. The van der Waals surface area contributed by atoms with Crippen molar-refractivity contribution in [1.29, 1.82) is 0 Å². The third kappa shape index (κ3) is 2.97. The minimum Gasteiger partial charge on any atom is -0.368 e. The Labute approximate surface area is 129 Å². The molecule has 1 aliphatic heterocycles. The van der Waals surface area contributed by atoms with Crippen LogP contribution in [0.15, 0.2) is 18.2 Å². The van der Waals surface area contributed by atoms with Crippen molar-refractivity contribution in [3.63, 3.8) is 0 Å². The SMILES string of the molecule is Cc1ccc(-n2nc(N3CCCCCC3)nc2N)cc1Cl. The Morgan fingerprint density at radius 3 is 2.52 bits per heavy atom. The van der Waals surface area contributed by atoms with Crippen LogP contribution in [0, 0.1) is 6.92 Å². The smallest absolute Gasteiger partial charge is 0.246 e. The van der Waals surface area contributed by atoms with Gasteiger partial charge in [0.15, 0.2) is 0 Å². The third-order valence-electron chi connectivity index (χ3n) is 3.91. The van der Waals surface area contributed by atoms with E-state index < -0.39 is 0 Å². The lowest BCUT2D eigenvalue weighted by Crippen LogP contribution is -2.25. The molecule has 0 aliphatic carbocycles. The highest BCUT2D eigenvalue weighted by molar-refractivity contribution is 6.31. The second kappa shape index (κ2) is 5.93. The maximum absolute atomic E-state index is 6.18. The van der Waals surface area contributed by atoms with Gasteiger partial charge in [-0.1, -0.05) is 30.5 Å².